The maximum absolute atomic E-state index is 12.9. The highest BCUT2D eigenvalue weighted by Crippen LogP contribution is 2.29. The van der Waals surface area contributed by atoms with Crippen molar-refractivity contribution in [2.45, 2.75) is 29.5 Å². The first-order valence-electron chi connectivity index (χ1n) is 7.40. The zero-order chi connectivity index (χ0) is 17.5. The van der Waals surface area contributed by atoms with E-state index in [1.807, 2.05) is 13.8 Å². The van der Waals surface area contributed by atoms with E-state index in [4.69, 9.17) is 0 Å². The molecule has 2 atom stereocenters. The van der Waals surface area contributed by atoms with E-state index >= 15 is 0 Å². The Morgan fingerprint density at radius 2 is 2.08 bits per heavy atom. The van der Waals surface area contributed by atoms with Crippen molar-refractivity contribution in [1.29, 1.82) is 0 Å². The first kappa shape index (κ1) is 18.4. The number of benzene rings is 1. The van der Waals surface area contributed by atoms with Crippen molar-refractivity contribution < 1.29 is 9.18 Å². The van der Waals surface area contributed by atoms with Crippen LogP contribution >= 0.6 is 23.1 Å². The van der Waals surface area contributed by atoms with Crippen LogP contribution in [0.1, 0.15) is 25.5 Å². The molecule has 0 saturated heterocycles. The fraction of sp³-hybridized carbons (Fsp3) is 0.312. The Morgan fingerprint density at radius 1 is 1.38 bits per heavy atom. The van der Waals surface area contributed by atoms with Gasteiger partial charge in [-0.3, -0.25) is 4.79 Å². The SMILES string of the molecule is C=CCNc1nnc(SC(C)C(=O)NC(C)c2ccc(F)cc2)s1. The summed E-state index contributed by atoms with van der Waals surface area (Å²) < 4.78 is 13.7. The van der Waals surface area contributed by atoms with Gasteiger partial charge < -0.3 is 10.6 Å². The summed E-state index contributed by atoms with van der Waals surface area (Å²) in [7, 11) is 0. The second-order valence-electron chi connectivity index (χ2n) is 5.08. The number of rotatable bonds is 8. The summed E-state index contributed by atoms with van der Waals surface area (Å²) in [6.07, 6.45) is 1.74. The van der Waals surface area contributed by atoms with Gasteiger partial charge in [0.25, 0.3) is 0 Å². The fourth-order valence-corrected chi connectivity index (χ4v) is 3.77. The fourth-order valence-electron chi connectivity index (χ4n) is 1.86. The number of carbonyl (C=O) groups is 1. The molecule has 2 aromatic rings. The van der Waals surface area contributed by atoms with E-state index in [1.54, 1.807) is 18.2 Å². The Balaban J connectivity index is 1.88. The van der Waals surface area contributed by atoms with Gasteiger partial charge in [0.05, 0.1) is 11.3 Å². The van der Waals surface area contributed by atoms with E-state index in [0.29, 0.717) is 11.7 Å². The van der Waals surface area contributed by atoms with Gasteiger partial charge in [-0.1, -0.05) is 41.3 Å². The van der Waals surface area contributed by atoms with E-state index in [9.17, 15) is 9.18 Å². The number of carbonyl (C=O) groups excluding carboxylic acids is 1. The first-order valence-corrected chi connectivity index (χ1v) is 9.10. The lowest BCUT2D eigenvalue weighted by molar-refractivity contribution is -0.120. The second kappa shape index (κ2) is 8.79. The lowest BCUT2D eigenvalue weighted by atomic mass is 10.1. The summed E-state index contributed by atoms with van der Waals surface area (Å²) in [6.45, 7) is 7.92. The molecule has 0 bridgehead atoms. The molecule has 0 aliphatic heterocycles. The quantitative estimate of drug-likeness (QED) is 0.552. The predicted octanol–water partition coefficient (Wildman–Crippen LogP) is 3.63. The molecule has 2 N–H and O–H groups in total. The maximum Gasteiger partial charge on any atom is 0.233 e. The molecule has 0 radical (unpaired) electrons. The number of nitrogens with one attached hydrogen (secondary N) is 2. The van der Waals surface area contributed by atoms with Crippen LogP contribution in [0.5, 0.6) is 0 Å². The molecule has 1 aromatic carbocycles. The Labute approximate surface area is 148 Å². The van der Waals surface area contributed by atoms with Crippen LogP contribution in [0.2, 0.25) is 0 Å². The first-order chi connectivity index (χ1) is 11.5. The number of halogens is 1. The Bertz CT molecular complexity index is 690. The lowest BCUT2D eigenvalue weighted by Gasteiger charge is -2.17. The summed E-state index contributed by atoms with van der Waals surface area (Å²) in [6, 6.07) is 5.91. The third-order valence-electron chi connectivity index (χ3n) is 3.18. The minimum absolute atomic E-state index is 0.104. The van der Waals surface area contributed by atoms with Crippen molar-refractivity contribution in [1.82, 2.24) is 15.5 Å². The van der Waals surface area contributed by atoms with E-state index in [1.165, 1.54) is 35.2 Å². The summed E-state index contributed by atoms with van der Waals surface area (Å²) >= 11 is 2.75. The van der Waals surface area contributed by atoms with Crippen molar-refractivity contribution in [3.63, 3.8) is 0 Å². The zero-order valence-electron chi connectivity index (χ0n) is 13.5. The summed E-state index contributed by atoms with van der Waals surface area (Å²) in [5.41, 5.74) is 0.855. The van der Waals surface area contributed by atoms with E-state index in [2.05, 4.69) is 27.4 Å². The predicted molar refractivity (Wildman–Crippen MR) is 96.9 cm³/mol. The number of aromatic nitrogens is 2. The number of hydrogen-bond acceptors (Lipinski definition) is 6. The van der Waals surface area contributed by atoms with Crippen LogP contribution in [-0.2, 0) is 4.79 Å². The van der Waals surface area contributed by atoms with Gasteiger partial charge >= 0.3 is 0 Å². The number of thioether (sulfide) groups is 1. The van der Waals surface area contributed by atoms with Gasteiger partial charge in [-0.05, 0) is 31.5 Å². The highest BCUT2D eigenvalue weighted by molar-refractivity contribution is 8.02. The Kier molecular flexibility index (Phi) is 6.74. The van der Waals surface area contributed by atoms with Crippen molar-refractivity contribution >= 4 is 34.1 Å². The van der Waals surface area contributed by atoms with Crippen LogP contribution in [0.25, 0.3) is 0 Å². The molecule has 1 amide bonds. The van der Waals surface area contributed by atoms with Crippen LogP contribution in [0.3, 0.4) is 0 Å². The van der Waals surface area contributed by atoms with Crippen LogP contribution < -0.4 is 10.6 Å². The normalized spacial score (nSPS) is 13.1. The van der Waals surface area contributed by atoms with Crippen molar-refractivity contribution in [3.8, 4) is 0 Å². The molecule has 128 valence electrons. The number of nitrogens with zero attached hydrogens (tertiary/aromatic N) is 2. The molecule has 5 nitrogen and oxygen atoms in total. The average Bonchev–Trinajstić information content (AvgIpc) is 3.00. The van der Waals surface area contributed by atoms with Gasteiger partial charge in [-0.15, -0.1) is 16.8 Å². The summed E-state index contributed by atoms with van der Waals surface area (Å²) in [5.74, 6) is -0.397. The average molecular weight is 366 g/mol. The van der Waals surface area contributed by atoms with Gasteiger partial charge in [0.15, 0.2) is 4.34 Å². The highest BCUT2D eigenvalue weighted by Gasteiger charge is 2.19. The molecule has 0 fully saturated rings. The van der Waals surface area contributed by atoms with Crippen LogP contribution in [0.4, 0.5) is 9.52 Å². The van der Waals surface area contributed by atoms with Gasteiger partial charge in [0.2, 0.25) is 11.0 Å². The molecule has 1 aromatic heterocycles. The molecule has 0 spiro atoms. The molecule has 0 saturated carbocycles. The van der Waals surface area contributed by atoms with Crippen LogP contribution in [-0.4, -0.2) is 27.9 Å². The van der Waals surface area contributed by atoms with Crippen LogP contribution in [0.15, 0.2) is 41.3 Å². The standard InChI is InChI=1S/C16H19FN4OS2/c1-4-9-18-15-20-21-16(24-15)23-11(3)14(22)19-10(2)12-5-7-13(17)8-6-12/h4-8,10-11H,1,9H2,2-3H3,(H,18,20)(H,19,22). The molecule has 2 rings (SSSR count). The number of amides is 1. The molecule has 2 unspecified atom stereocenters. The molecule has 1 heterocycles. The highest BCUT2D eigenvalue weighted by atomic mass is 32.2. The van der Waals surface area contributed by atoms with E-state index < -0.39 is 0 Å². The molecule has 8 heteroatoms. The topological polar surface area (TPSA) is 66.9 Å². The molecule has 0 aliphatic rings. The van der Waals surface area contributed by atoms with E-state index in [0.717, 1.165) is 9.90 Å². The number of anilines is 1. The monoisotopic (exact) mass is 366 g/mol. The van der Waals surface area contributed by atoms with Gasteiger partial charge in [-0.2, -0.15) is 0 Å². The minimum Gasteiger partial charge on any atom is -0.357 e. The van der Waals surface area contributed by atoms with Crippen molar-refractivity contribution in [3.05, 3.63) is 48.3 Å². The third kappa shape index (κ3) is 5.31. The van der Waals surface area contributed by atoms with Gasteiger partial charge in [0.1, 0.15) is 5.82 Å². The minimum atomic E-state index is -0.312. The maximum atomic E-state index is 12.9. The third-order valence-corrected chi connectivity index (χ3v) is 5.24. The summed E-state index contributed by atoms with van der Waals surface area (Å²) in [4.78, 5) is 12.3. The van der Waals surface area contributed by atoms with Crippen molar-refractivity contribution in [2.75, 3.05) is 11.9 Å². The number of hydrogen-bond donors (Lipinski definition) is 2. The Hall–Kier alpha value is -1.93. The summed E-state index contributed by atoms with van der Waals surface area (Å²) in [5, 5.41) is 14.4. The lowest BCUT2D eigenvalue weighted by Crippen LogP contribution is -2.33. The van der Waals surface area contributed by atoms with Crippen molar-refractivity contribution in [2.24, 2.45) is 0 Å². The van der Waals surface area contributed by atoms with E-state index in [-0.39, 0.29) is 23.0 Å². The van der Waals surface area contributed by atoms with Gasteiger partial charge in [0, 0.05) is 6.54 Å². The van der Waals surface area contributed by atoms with Gasteiger partial charge in [-0.25, -0.2) is 4.39 Å². The molecular weight excluding hydrogens is 347 g/mol. The smallest absolute Gasteiger partial charge is 0.233 e. The molecule has 0 aliphatic carbocycles. The van der Waals surface area contributed by atoms with Crippen LogP contribution in [0, 0.1) is 5.82 Å². The zero-order valence-corrected chi connectivity index (χ0v) is 15.1. The largest absolute Gasteiger partial charge is 0.357 e. The molecule has 24 heavy (non-hydrogen) atoms. The second-order valence-corrected chi connectivity index (χ2v) is 7.65. The molecular formula is C16H19FN4OS2. The Morgan fingerprint density at radius 3 is 2.75 bits per heavy atom.